The van der Waals surface area contributed by atoms with Gasteiger partial charge in [-0.25, -0.2) is 0 Å². The first kappa shape index (κ1) is 15.6. The zero-order valence-corrected chi connectivity index (χ0v) is 13.3. The van der Waals surface area contributed by atoms with Gasteiger partial charge in [-0.2, -0.15) is 4.98 Å². The van der Waals surface area contributed by atoms with E-state index in [2.05, 4.69) is 15.5 Å². The predicted molar refractivity (Wildman–Crippen MR) is 85.4 cm³/mol. The number of amides is 1. The van der Waals surface area contributed by atoms with Crippen LogP contribution < -0.4 is 5.32 Å². The highest BCUT2D eigenvalue weighted by molar-refractivity contribution is 6.36. The van der Waals surface area contributed by atoms with E-state index in [4.69, 9.17) is 32.1 Å². The van der Waals surface area contributed by atoms with Gasteiger partial charge >= 0.3 is 0 Å². The molecule has 0 aliphatic heterocycles. The Kier molecular flexibility index (Phi) is 4.64. The molecule has 0 fully saturated rings. The van der Waals surface area contributed by atoms with Gasteiger partial charge in [-0.05, 0) is 30.3 Å². The Labute approximate surface area is 141 Å². The lowest BCUT2D eigenvalue weighted by Gasteiger charge is -2.06. The highest BCUT2D eigenvalue weighted by Gasteiger charge is 2.13. The van der Waals surface area contributed by atoms with Gasteiger partial charge in [0.1, 0.15) is 0 Å². The molecule has 0 spiro atoms. The number of carbonyl (C=O) groups excluding carboxylic acids is 1. The van der Waals surface area contributed by atoms with Crippen LogP contribution in [0.2, 0.25) is 10.0 Å². The molecule has 0 unspecified atom stereocenters. The number of aromatic nitrogens is 2. The van der Waals surface area contributed by atoms with E-state index in [0.717, 1.165) is 0 Å². The topological polar surface area (TPSA) is 81.2 Å². The van der Waals surface area contributed by atoms with E-state index in [0.29, 0.717) is 39.6 Å². The molecule has 2 heterocycles. The number of benzene rings is 1. The standard InChI is InChI=1S/C15H11Cl2N3O3/c16-9-3-4-11(10(17)8-9)18-13(21)5-6-14-19-15(20-23-14)12-2-1-7-22-12/h1-4,7-8H,5-6H2,(H,18,21). The molecule has 1 amide bonds. The zero-order valence-electron chi connectivity index (χ0n) is 11.8. The van der Waals surface area contributed by atoms with Gasteiger partial charge in [0.15, 0.2) is 5.76 Å². The van der Waals surface area contributed by atoms with Crippen molar-refractivity contribution in [2.24, 2.45) is 0 Å². The summed E-state index contributed by atoms with van der Waals surface area (Å²) < 4.78 is 10.3. The van der Waals surface area contributed by atoms with E-state index < -0.39 is 0 Å². The number of rotatable bonds is 5. The number of anilines is 1. The fourth-order valence-electron chi connectivity index (χ4n) is 1.89. The number of nitrogens with one attached hydrogen (secondary N) is 1. The van der Waals surface area contributed by atoms with Crippen molar-refractivity contribution in [3.63, 3.8) is 0 Å². The summed E-state index contributed by atoms with van der Waals surface area (Å²) >= 11 is 11.8. The van der Waals surface area contributed by atoms with Gasteiger partial charge in [0, 0.05) is 17.9 Å². The molecule has 6 nitrogen and oxygen atoms in total. The third-order valence-electron chi connectivity index (χ3n) is 2.98. The van der Waals surface area contributed by atoms with Gasteiger partial charge in [-0.3, -0.25) is 4.79 Å². The molecule has 8 heteroatoms. The summed E-state index contributed by atoms with van der Waals surface area (Å²) in [5.74, 6) is 1.00. The van der Waals surface area contributed by atoms with Crippen LogP contribution in [0.1, 0.15) is 12.3 Å². The third kappa shape index (κ3) is 3.91. The van der Waals surface area contributed by atoms with Gasteiger partial charge in [0.25, 0.3) is 0 Å². The predicted octanol–water partition coefficient (Wildman–Crippen LogP) is 4.21. The van der Waals surface area contributed by atoms with Crippen molar-refractivity contribution in [3.8, 4) is 11.6 Å². The number of aryl methyl sites for hydroxylation is 1. The number of halogens is 2. The minimum Gasteiger partial charge on any atom is -0.461 e. The van der Waals surface area contributed by atoms with Gasteiger partial charge in [0.05, 0.1) is 17.0 Å². The van der Waals surface area contributed by atoms with Crippen LogP contribution in [0.15, 0.2) is 45.5 Å². The molecule has 1 aromatic carbocycles. The van der Waals surface area contributed by atoms with Gasteiger partial charge in [-0.15, -0.1) is 0 Å². The molecular weight excluding hydrogens is 341 g/mol. The molecule has 118 valence electrons. The Morgan fingerprint density at radius 3 is 2.87 bits per heavy atom. The van der Waals surface area contributed by atoms with E-state index in [1.54, 1.807) is 30.3 Å². The van der Waals surface area contributed by atoms with Crippen molar-refractivity contribution in [1.29, 1.82) is 0 Å². The average molecular weight is 352 g/mol. The first-order valence-corrected chi connectivity index (χ1v) is 7.49. The maximum atomic E-state index is 11.9. The first-order valence-electron chi connectivity index (χ1n) is 6.73. The van der Waals surface area contributed by atoms with Crippen LogP contribution in [-0.4, -0.2) is 16.0 Å². The Morgan fingerprint density at radius 1 is 1.26 bits per heavy atom. The summed E-state index contributed by atoms with van der Waals surface area (Å²) in [5, 5.41) is 7.38. The zero-order chi connectivity index (χ0) is 16.2. The lowest BCUT2D eigenvalue weighted by atomic mass is 10.2. The largest absolute Gasteiger partial charge is 0.461 e. The summed E-state index contributed by atoms with van der Waals surface area (Å²) in [7, 11) is 0. The lowest BCUT2D eigenvalue weighted by Crippen LogP contribution is -2.12. The number of hydrogen-bond acceptors (Lipinski definition) is 5. The summed E-state index contributed by atoms with van der Waals surface area (Å²) in [6.07, 6.45) is 2.01. The average Bonchev–Trinajstić information content (AvgIpc) is 3.18. The molecule has 23 heavy (non-hydrogen) atoms. The molecule has 0 saturated carbocycles. The Hall–Kier alpha value is -2.31. The van der Waals surface area contributed by atoms with Crippen molar-refractivity contribution in [2.75, 3.05) is 5.32 Å². The number of hydrogen-bond donors (Lipinski definition) is 1. The molecule has 3 rings (SSSR count). The molecule has 0 atom stereocenters. The van der Waals surface area contributed by atoms with Crippen LogP contribution in [-0.2, 0) is 11.2 Å². The maximum Gasteiger partial charge on any atom is 0.238 e. The Morgan fingerprint density at radius 2 is 2.13 bits per heavy atom. The minimum atomic E-state index is -0.216. The maximum absolute atomic E-state index is 11.9. The SMILES string of the molecule is O=C(CCc1nc(-c2ccco2)no1)Nc1ccc(Cl)cc1Cl. The van der Waals surface area contributed by atoms with E-state index in [1.807, 2.05) is 0 Å². The molecule has 0 saturated heterocycles. The van der Waals surface area contributed by atoms with Crippen LogP contribution in [0.4, 0.5) is 5.69 Å². The van der Waals surface area contributed by atoms with E-state index in [1.165, 1.54) is 6.26 Å². The van der Waals surface area contributed by atoms with Gasteiger partial charge < -0.3 is 14.3 Å². The van der Waals surface area contributed by atoms with Gasteiger partial charge in [-0.1, -0.05) is 28.4 Å². The smallest absolute Gasteiger partial charge is 0.238 e. The van der Waals surface area contributed by atoms with E-state index in [-0.39, 0.29) is 12.3 Å². The normalized spacial score (nSPS) is 10.7. The molecule has 0 aliphatic rings. The lowest BCUT2D eigenvalue weighted by molar-refractivity contribution is -0.116. The van der Waals surface area contributed by atoms with Crippen LogP contribution in [0.25, 0.3) is 11.6 Å². The molecule has 0 radical (unpaired) electrons. The van der Waals surface area contributed by atoms with Gasteiger partial charge in [0.2, 0.25) is 17.6 Å². The molecule has 3 aromatic rings. The van der Waals surface area contributed by atoms with Crippen molar-refractivity contribution in [3.05, 3.63) is 52.5 Å². The quantitative estimate of drug-likeness (QED) is 0.744. The van der Waals surface area contributed by atoms with Crippen LogP contribution >= 0.6 is 23.2 Å². The third-order valence-corrected chi connectivity index (χ3v) is 3.53. The van der Waals surface area contributed by atoms with Crippen LogP contribution in [0.3, 0.4) is 0 Å². The minimum absolute atomic E-state index is 0.179. The second-order valence-electron chi connectivity index (χ2n) is 4.66. The van der Waals surface area contributed by atoms with E-state index in [9.17, 15) is 4.79 Å². The molecule has 0 bridgehead atoms. The van der Waals surface area contributed by atoms with Crippen molar-refractivity contribution >= 4 is 34.8 Å². The second kappa shape index (κ2) is 6.85. The fourth-order valence-corrected chi connectivity index (χ4v) is 2.34. The van der Waals surface area contributed by atoms with Crippen LogP contribution in [0, 0.1) is 0 Å². The number of furan rings is 1. The highest BCUT2D eigenvalue weighted by atomic mass is 35.5. The summed E-state index contributed by atoms with van der Waals surface area (Å²) in [5.41, 5.74) is 0.503. The Balaban J connectivity index is 1.57. The summed E-state index contributed by atoms with van der Waals surface area (Å²) in [6.45, 7) is 0. The van der Waals surface area contributed by atoms with Crippen molar-refractivity contribution in [1.82, 2.24) is 10.1 Å². The molecule has 0 aliphatic carbocycles. The Bertz CT molecular complexity index is 815. The number of nitrogens with zero attached hydrogens (tertiary/aromatic N) is 2. The van der Waals surface area contributed by atoms with E-state index >= 15 is 0 Å². The fraction of sp³-hybridized carbons (Fsp3) is 0.133. The highest BCUT2D eigenvalue weighted by Crippen LogP contribution is 2.25. The summed E-state index contributed by atoms with van der Waals surface area (Å²) in [4.78, 5) is 16.1. The van der Waals surface area contributed by atoms with Crippen molar-refractivity contribution in [2.45, 2.75) is 12.8 Å². The van der Waals surface area contributed by atoms with Crippen molar-refractivity contribution < 1.29 is 13.7 Å². The molecule has 2 aromatic heterocycles. The van der Waals surface area contributed by atoms with Crippen LogP contribution in [0.5, 0.6) is 0 Å². The molecular formula is C15H11Cl2N3O3. The monoisotopic (exact) mass is 351 g/mol. The first-order chi connectivity index (χ1) is 11.1. The second-order valence-corrected chi connectivity index (χ2v) is 5.51. The molecule has 1 N–H and O–H groups in total. The summed E-state index contributed by atoms with van der Waals surface area (Å²) in [6, 6.07) is 8.31. The number of carbonyl (C=O) groups is 1.